The van der Waals surface area contributed by atoms with Gasteiger partial charge in [-0.3, -0.25) is 14.2 Å². The molecule has 0 bridgehead atoms. The van der Waals surface area contributed by atoms with Crippen molar-refractivity contribution in [3.63, 3.8) is 0 Å². The third-order valence-corrected chi connectivity index (χ3v) is 8.73. The maximum Gasteiger partial charge on any atom is 0.417 e. The van der Waals surface area contributed by atoms with E-state index in [9.17, 15) is 22.8 Å². The standard InChI is InChI=1S/C31H30ClF3N6O2/c1-3-39-13-10-21(16-39)28-38-26-17-40(29(42)20-6-9-25(32)24(15-20)31(33,34)35)18(2)14-23(26)30(43)41(28)22-7-4-19(5-8-22)27-36-11-12-37-27/h4-9,11-12,15,18,21H,3,10,13-14,16-17H2,1-2H3,(H,36,37). The first kappa shape index (κ1) is 29.1. The van der Waals surface area contributed by atoms with Crippen LogP contribution in [0.15, 0.2) is 59.7 Å². The lowest BCUT2D eigenvalue weighted by atomic mass is 9.97. The van der Waals surface area contributed by atoms with E-state index < -0.39 is 28.7 Å². The van der Waals surface area contributed by atoms with Gasteiger partial charge in [-0.2, -0.15) is 13.2 Å². The molecule has 2 aromatic heterocycles. The summed E-state index contributed by atoms with van der Waals surface area (Å²) in [5, 5.41) is -0.470. The predicted molar refractivity (Wildman–Crippen MR) is 156 cm³/mol. The zero-order chi connectivity index (χ0) is 30.5. The summed E-state index contributed by atoms with van der Waals surface area (Å²) in [5.74, 6) is 0.771. The van der Waals surface area contributed by atoms with Crippen molar-refractivity contribution in [2.45, 2.75) is 51.4 Å². The summed E-state index contributed by atoms with van der Waals surface area (Å²) in [6.45, 7) is 6.40. The molecule has 4 aromatic rings. The number of hydrogen-bond donors (Lipinski definition) is 1. The molecule has 0 radical (unpaired) electrons. The van der Waals surface area contributed by atoms with Crippen molar-refractivity contribution in [1.29, 1.82) is 0 Å². The van der Waals surface area contributed by atoms with Crippen LogP contribution in [0.2, 0.25) is 5.02 Å². The number of fused-ring (bicyclic) bond motifs is 1. The zero-order valence-corrected chi connectivity index (χ0v) is 24.4. The Balaban J connectivity index is 1.40. The number of likely N-dealkylation sites (tertiary alicyclic amines) is 1. The number of benzene rings is 2. The van der Waals surface area contributed by atoms with Crippen LogP contribution in [0.25, 0.3) is 17.1 Å². The lowest BCUT2D eigenvalue weighted by Gasteiger charge is -2.35. The molecule has 1 saturated heterocycles. The fraction of sp³-hybridized carbons (Fsp3) is 0.355. The highest BCUT2D eigenvalue weighted by atomic mass is 35.5. The van der Waals surface area contributed by atoms with E-state index in [1.165, 1.54) is 11.0 Å². The average molecular weight is 611 g/mol. The maximum absolute atomic E-state index is 14.2. The van der Waals surface area contributed by atoms with Crippen LogP contribution in [0.5, 0.6) is 0 Å². The number of H-pyrrole nitrogens is 1. The second-order valence-corrected chi connectivity index (χ2v) is 11.5. The molecule has 4 heterocycles. The van der Waals surface area contributed by atoms with E-state index in [0.717, 1.165) is 49.6 Å². The van der Waals surface area contributed by atoms with Gasteiger partial charge in [0.05, 0.1) is 28.5 Å². The third-order valence-electron chi connectivity index (χ3n) is 8.40. The van der Waals surface area contributed by atoms with Gasteiger partial charge >= 0.3 is 6.18 Å². The highest BCUT2D eigenvalue weighted by Gasteiger charge is 2.37. The molecular formula is C31H30ClF3N6O2. The van der Waals surface area contributed by atoms with Crippen molar-refractivity contribution in [2.75, 3.05) is 19.6 Å². The molecule has 43 heavy (non-hydrogen) atoms. The molecule has 2 aliphatic rings. The molecule has 0 spiro atoms. The highest BCUT2D eigenvalue weighted by molar-refractivity contribution is 6.31. The Bertz CT molecular complexity index is 1720. The SMILES string of the molecule is CCN1CCC(c2nc3c(c(=O)n2-c2ccc(-c4ncc[nH]4)cc2)CC(C)N(C(=O)c2ccc(Cl)c(C(F)(F)F)c2)C3)C1. The summed E-state index contributed by atoms with van der Waals surface area (Å²) in [6.07, 6.45) is -0.220. The average Bonchev–Trinajstić information content (AvgIpc) is 3.70. The molecule has 2 unspecified atom stereocenters. The molecule has 1 N–H and O–H groups in total. The van der Waals surface area contributed by atoms with Gasteiger partial charge in [0.25, 0.3) is 11.5 Å². The smallest absolute Gasteiger partial charge is 0.345 e. The summed E-state index contributed by atoms with van der Waals surface area (Å²) in [4.78, 5) is 43.9. The maximum atomic E-state index is 14.2. The van der Waals surface area contributed by atoms with E-state index in [1.54, 1.807) is 23.9 Å². The molecule has 224 valence electrons. The van der Waals surface area contributed by atoms with Gasteiger partial charge in [0.2, 0.25) is 0 Å². The van der Waals surface area contributed by atoms with E-state index in [1.807, 2.05) is 24.3 Å². The van der Waals surface area contributed by atoms with Crippen LogP contribution in [0.4, 0.5) is 13.2 Å². The van der Waals surface area contributed by atoms with Gasteiger partial charge in [-0.05, 0) is 75.3 Å². The number of alkyl halides is 3. The first-order valence-corrected chi connectivity index (χ1v) is 14.6. The van der Waals surface area contributed by atoms with Crippen LogP contribution in [0, 0.1) is 0 Å². The Morgan fingerprint density at radius 2 is 1.93 bits per heavy atom. The number of carbonyl (C=O) groups is 1. The number of amides is 1. The van der Waals surface area contributed by atoms with E-state index >= 15 is 0 Å². The molecule has 2 aliphatic heterocycles. The number of carbonyl (C=O) groups excluding carboxylic acids is 1. The molecule has 2 atom stereocenters. The van der Waals surface area contributed by atoms with Crippen LogP contribution in [0.3, 0.4) is 0 Å². The zero-order valence-electron chi connectivity index (χ0n) is 23.7. The monoisotopic (exact) mass is 610 g/mol. The number of hydrogen-bond acceptors (Lipinski definition) is 5. The van der Waals surface area contributed by atoms with Gasteiger partial charge in [0, 0.05) is 47.6 Å². The van der Waals surface area contributed by atoms with E-state index in [-0.39, 0.29) is 30.0 Å². The second-order valence-electron chi connectivity index (χ2n) is 11.1. The number of nitrogens with one attached hydrogen (secondary N) is 1. The fourth-order valence-electron chi connectivity index (χ4n) is 6.04. The van der Waals surface area contributed by atoms with Crippen molar-refractivity contribution in [2.24, 2.45) is 0 Å². The van der Waals surface area contributed by atoms with E-state index in [0.29, 0.717) is 22.8 Å². The number of aromatic nitrogens is 4. The van der Waals surface area contributed by atoms with Gasteiger partial charge in [0.1, 0.15) is 11.6 Å². The number of nitrogens with zero attached hydrogens (tertiary/aromatic N) is 5. The van der Waals surface area contributed by atoms with Gasteiger partial charge in [0.15, 0.2) is 0 Å². The first-order valence-electron chi connectivity index (χ1n) is 14.2. The molecule has 8 nitrogen and oxygen atoms in total. The Morgan fingerprint density at radius 3 is 2.58 bits per heavy atom. The van der Waals surface area contributed by atoms with Crippen LogP contribution < -0.4 is 5.56 Å². The second kappa shape index (κ2) is 11.3. The van der Waals surface area contributed by atoms with Crippen molar-refractivity contribution in [3.05, 3.63) is 98.4 Å². The summed E-state index contributed by atoms with van der Waals surface area (Å²) >= 11 is 5.78. The van der Waals surface area contributed by atoms with Gasteiger partial charge < -0.3 is 14.8 Å². The first-order chi connectivity index (χ1) is 20.5. The quantitative estimate of drug-likeness (QED) is 0.314. The number of halogens is 4. The Hall–Kier alpha value is -3.96. The molecule has 0 aliphatic carbocycles. The molecule has 1 fully saturated rings. The van der Waals surface area contributed by atoms with E-state index in [2.05, 4.69) is 21.8 Å². The van der Waals surface area contributed by atoms with Crippen LogP contribution in [0.1, 0.15) is 59.2 Å². The minimum Gasteiger partial charge on any atom is -0.345 e. The fourth-order valence-corrected chi connectivity index (χ4v) is 6.26. The molecule has 1 amide bonds. The molecule has 2 aromatic carbocycles. The number of imidazole rings is 1. The molecule has 0 saturated carbocycles. The Morgan fingerprint density at radius 1 is 1.16 bits per heavy atom. The molecule has 6 rings (SSSR count). The van der Waals surface area contributed by atoms with Gasteiger partial charge in [-0.1, -0.05) is 18.5 Å². The predicted octanol–water partition coefficient (Wildman–Crippen LogP) is 5.69. The lowest BCUT2D eigenvalue weighted by molar-refractivity contribution is -0.137. The van der Waals surface area contributed by atoms with E-state index in [4.69, 9.17) is 16.6 Å². The topological polar surface area (TPSA) is 87.1 Å². The van der Waals surface area contributed by atoms with Gasteiger partial charge in [-0.15, -0.1) is 0 Å². The largest absolute Gasteiger partial charge is 0.417 e. The normalized spacial score (nSPS) is 19.1. The van der Waals surface area contributed by atoms with Crippen molar-refractivity contribution in [1.82, 2.24) is 29.3 Å². The number of rotatable bonds is 5. The summed E-state index contributed by atoms with van der Waals surface area (Å²) in [7, 11) is 0. The van der Waals surface area contributed by atoms with Gasteiger partial charge in [-0.25, -0.2) is 9.97 Å². The van der Waals surface area contributed by atoms with Crippen LogP contribution in [-0.2, 0) is 19.1 Å². The minimum atomic E-state index is -4.70. The summed E-state index contributed by atoms with van der Waals surface area (Å²) < 4.78 is 42.2. The Labute approximate surface area is 251 Å². The summed E-state index contributed by atoms with van der Waals surface area (Å²) in [5.41, 5.74) is 1.19. The van der Waals surface area contributed by atoms with Crippen LogP contribution >= 0.6 is 11.6 Å². The molecule has 12 heteroatoms. The van der Waals surface area contributed by atoms with Crippen molar-refractivity contribution < 1.29 is 18.0 Å². The number of likely N-dealkylation sites (N-methyl/N-ethyl adjacent to an activating group) is 1. The minimum absolute atomic E-state index is 0.00295. The third kappa shape index (κ3) is 5.47. The van der Waals surface area contributed by atoms with Crippen LogP contribution in [-0.4, -0.2) is 60.9 Å². The number of aromatic amines is 1. The summed E-state index contributed by atoms with van der Waals surface area (Å²) in [6, 6.07) is 10.3. The van der Waals surface area contributed by atoms with Crippen molar-refractivity contribution in [3.8, 4) is 17.1 Å². The lowest BCUT2D eigenvalue weighted by Crippen LogP contribution is -2.46. The molecular weight excluding hydrogens is 581 g/mol. The Kier molecular flexibility index (Phi) is 7.64. The highest BCUT2D eigenvalue weighted by Crippen LogP contribution is 2.36. The van der Waals surface area contributed by atoms with Crippen molar-refractivity contribution >= 4 is 17.5 Å².